The molecule has 1 aliphatic heterocycles. The Kier molecular flexibility index (Phi) is 7.04. The largest absolute Gasteiger partial charge is 0.354 e. The molecule has 5 nitrogen and oxygen atoms in total. The highest BCUT2D eigenvalue weighted by molar-refractivity contribution is 9.10. The third-order valence-electron chi connectivity index (χ3n) is 4.64. The van der Waals surface area contributed by atoms with Crippen LogP contribution in [-0.2, 0) is 21.2 Å². The average Bonchev–Trinajstić information content (AvgIpc) is 3.14. The first-order valence-corrected chi connectivity index (χ1v) is 11.8. The fourth-order valence-corrected chi connectivity index (χ4v) is 5.62. The lowest BCUT2D eigenvalue weighted by atomic mass is 10.1. The molecular weight excluding hydrogens is 487 g/mol. The Hall–Kier alpha value is -1.12. The van der Waals surface area contributed by atoms with Crippen LogP contribution in [0.5, 0.6) is 0 Å². The lowest BCUT2D eigenvalue weighted by molar-refractivity contribution is -0.124. The zero-order valence-electron chi connectivity index (χ0n) is 14.9. The molecule has 1 fully saturated rings. The minimum atomic E-state index is -3.72. The maximum Gasteiger partial charge on any atom is 0.243 e. The number of rotatable bonds is 6. The number of carbonyl (C=O) groups is 1. The molecule has 0 saturated carbocycles. The van der Waals surface area contributed by atoms with Gasteiger partial charge >= 0.3 is 0 Å². The fourth-order valence-electron chi connectivity index (χ4n) is 3.19. The third kappa shape index (κ3) is 4.89. The first kappa shape index (κ1) is 21.6. The maximum absolute atomic E-state index is 12.9. The highest BCUT2D eigenvalue weighted by atomic mass is 79.9. The van der Waals surface area contributed by atoms with E-state index in [2.05, 4.69) is 21.2 Å². The lowest BCUT2D eigenvalue weighted by Crippen LogP contribution is -2.46. The number of amides is 1. The summed E-state index contributed by atoms with van der Waals surface area (Å²) in [5.41, 5.74) is 0.872. The molecular formula is C19H19BrCl2N2O3S. The summed E-state index contributed by atoms with van der Waals surface area (Å²) in [4.78, 5) is 12.8. The van der Waals surface area contributed by atoms with Crippen LogP contribution in [0.3, 0.4) is 0 Å². The smallest absolute Gasteiger partial charge is 0.243 e. The van der Waals surface area contributed by atoms with Crippen molar-refractivity contribution >= 4 is 55.1 Å². The molecule has 2 aromatic rings. The quantitative estimate of drug-likeness (QED) is 0.637. The molecule has 1 N–H and O–H groups in total. The molecule has 1 unspecified atom stereocenters. The van der Waals surface area contributed by atoms with E-state index in [4.69, 9.17) is 23.2 Å². The zero-order chi connectivity index (χ0) is 20.3. The molecule has 1 aliphatic rings. The van der Waals surface area contributed by atoms with E-state index < -0.39 is 16.1 Å². The van der Waals surface area contributed by atoms with Crippen LogP contribution in [0.1, 0.15) is 18.4 Å². The van der Waals surface area contributed by atoms with Crippen LogP contribution in [0.15, 0.2) is 51.8 Å². The number of benzene rings is 2. The minimum Gasteiger partial charge on any atom is -0.354 e. The van der Waals surface area contributed by atoms with Crippen LogP contribution in [0, 0.1) is 0 Å². The Balaban J connectivity index is 1.65. The van der Waals surface area contributed by atoms with E-state index >= 15 is 0 Å². The lowest BCUT2D eigenvalue weighted by Gasteiger charge is -2.23. The maximum atomic E-state index is 12.9. The second kappa shape index (κ2) is 9.13. The van der Waals surface area contributed by atoms with Crippen molar-refractivity contribution in [3.05, 3.63) is 62.5 Å². The number of nitrogens with zero attached hydrogens (tertiary/aromatic N) is 1. The highest BCUT2D eigenvalue weighted by Gasteiger charge is 2.39. The Bertz CT molecular complexity index is 968. The number of hydrogen-bond acceptors (Lipinski definition) is 3. The molecule has 0 aromatic heterocycles. The van der Waals surface area contributed by atoms with E-state index in [0.29, 0.717) is 42.4 Å². The fraction of sp³-hybridized carbons (Fsp3) is 0.316. The van der Waals surface area contributed by atoms with Gasteiger partial charge in [0, 0.05) is 27.6 Å². The van der Waals surface area contributed by atoms with Gasteiger partial charge < -0.3 is 5.32 Å². The standard InChI is InChI=1S/C19H19BrCl2N2O3S/c20-14-4-7-16(8-5-14)28(26,27)24-11-1-2-18(24)19(25)23-10-9-13-3-6-15(21)12-17(13)22/h3-8,12,18H,1-2,9-11H2,(H,23,25). The molecule has 28 heavy (non-hydrogen) atoms. The van der Waals surface area contributed by atoms with E-state index in [9.17, 15) is 13.2 Å². The summed E-state index contributed by atoms with van der Waals surface area (Å²) in [5.74, 6) is -0.289. The normalized spacial score (nSPS) is 17.6. The van der Waals surface area contributed by atoms with Gasteiger partial charge in [-0.15, -0.1) is 0 Å². The zero-order valence-corrected chi connectivity index (χ0v) is 18.8. The summed E-state index contributed by atoms with van der Waals surface area (Å²) in [6, 6.07) is 10.9. The summed E-state index contributed by atoms with van der Waals surface area (Å²) < 4.78 is 28.0. The van der Waals surface area contributed by atoms with Crippen molar-refractivity contribution in [2.75, 3.05) is 13.1 Å². The van der Waals surface area contributed by atoms with Crippen molar-refractivity contribution in [3.63, 3.8) is 0 Å². The van der Waals surface area contributed by atoms with Crippen molar-refractivity contribution in [2.24, 2.45) is 0 Å². The van der Waals surface area contributed by atoms with Gasteiger partial charge in [-0.05, 0) is 61.2 Å². The van der Waals surface area contributed by atoms with E-state index in [1.807, 2.05) is 6.07 Å². The van der Waals surface area contributed by atoms with E-state index in [1.165, 1.54) is 16.4 Å². The predicted molar refractivity (Wildman–Crippen MR) is 114 cm³/mol. The van der Waals surface area contributed by atoms with Gasteiger partial charge in [-0.3, -0.25) is 4.79 Å². The molecule has 3 rings (SSSR count). The SMILES string of the molecule is O=C(NCCc1ccc(Cl)cc1Cl)C1CCCN1S(=O)(=O)c1ccc(Br)cc1. The molecule has 1 atom stereocenters. The van der Waals surface area contributed by atoms with E-state index in [1.54, 1.807) is 24.3 Å². The van der Waals surface area contributed by atoms with Gasteiger partial charge in [-0.1, -0.05) is 45.2 Å². The number of sulfonamides is 1. The van der Waals surface area contributed by atoms with Crippen LogP contribution < -0.4 is 5.32 Å². The van der Waals surface area contributed by atoms with Crippen LogP contribution in [-0.4, -0.2) is 37.8 Å². The van der Waals surface area contributed by atoms with Crippen LogP contribution in [0.4, 0.5) is 0 Å². The topological polar surface area (TPSA) is 66.5 Å². The molecule has 1 saturated heterocycles. The molecule has 1 heterocycles. The summed E-state index contributed by atoms with van der Waals surface area (Å²) in [7, 11) is -3.72. The first-order valence-electron chi connectivity index (χ1n) is 8.78. The molecule has 0 aliphatic carbocycles. The molecule has 0 spiro atoms. The predicted octanol–water partition coefficient (Wildman–Crippen LogP) is 4.27. The van der Waals surface area contributed by atoms with E-state index in [0.717, 1.165) is 10.0 Å². The minimum absolute atomic E-state index is 0.184. The Morgan fingerprint density at radius 2 is 1.89 bits per heavy atom. The highest BCUT2D eigenvalue weighted by Crippen LogP contribution is 2.27. The van der Waals surface area contributed by atoms with Crippen molar-refractivity contribution in [1.29, 1.82) is 0 Å². The number of carbonyl (C=O) groups excluding carboxylic acids is 1. The Morgan fingerprint density at radius 3 is 2.57 bits per heavy atom. The number of nitrogens with one attached hydrogen (secondary N) is 1. The van der Waals surface area contributed by atoms with Gasteiger partial charge in [0.25, 0.3) is 0 Å². The summed E-state index contributed by atoms with van der Waals surface area (Å²) in [6.45, 7) is 0.697. The summed E-state index contributed by atoms with van der Waals surface area (Å²) in [5, 5.41) is 3.93. The van der Waals surface area contributed by atoms with E-state index in [-0.39, 0.29) is 10.8 Å². The van der Waals surface area contributed by atoms with Crippen molar-refractivity contribution in [2.45, 2.75) is 30.2 Å². The van der Waals surface area contributed by atoms with Gasteiger partial charge in [-0.25, -0.2) is 8.42 Å². The van der Waals surface area contributed by atoms with Crippen molar-refractivity contribution in [3.8, 4) is 0 Å². The molecule has 0 radical (unpaired) electrons. The summed E-state index contributed by atoms with van der Waals surface area (Å²) >= 11 is 15.3. The summed E-state index contributed by atoms with van der Waals surface area (Å²) in [6.07, 6.45) is 1.69. The number of halogens is 3. The second-order valence-corrected chi connectivity index (χ2v) is 10.2. The molecule has 9 heteroatoms. The van der Waals surface area contributed by atoms with Gasteiger partial charge in [0.15, 0.2) is 0 Å². The van der Waals surface area contributed by atoms with Gasteiger partial charge in [0.05, 0.1) is 4.90 Å². The van der Waals surface area contributed by atoms with Crippen molar-refractivity contribution < 1.29 is 13.2 Å². The van der Waals surface area contributed by atoms with Crippen LogP contribution in [0.2, 0.25) is 10.0 Å². The van der Waals surface area contributed by atoms with Crippen LogP contribution in [0.25, 0.3) is 0 Å². The molecule has 1 amide bonds. The third-order valence-corrected chi connectivity index (χ3v) is 7.67. The Labute approximate surface area is 183 Å². The Morgan fingerprint density at radius 1 is 1.18 bits per heavy atom. The molecule has 2 aromatic carbocycles. The van der Waals surface area contributed by atoms with Crippen LogP contribution >= 0.6 is 39.1 Å². The first-order chi connectivity index (χ1) is 13.3. The van der Waals surface area contributed by atoms with Crippen molar-refractivity contribution in [1.82, 2.24) is 9.62 Å². The monoisotopic (exact) mass is 504 g/mol. The molecule has 150 valence electrons. The second-order valence-electron chi connectivity index (χ2n) is 6.50. The van der Waals surface area contributed by atoms with Gasteiger partial charge in [0.1, 0.15) is 6.04 Å². The number of hydrogen-bond donors (Lipinski definition) is 1. The molecule has 0 bridgehead atoms. The average molecular weight is 506 g/mol. The van der Waals surface area contributed by atoms with Gasteiger partial charge in [-0.2, -0.15) is 4.31 Å². The van der Waals surface area contributed by atoms with Gasteiger partial charge in [0.2, 0.25) is 15.9 Å².